The lowest BCUT2D eigenvalue weighted by molar-refractivity contribution is 0.0972. The number of rotatable bonds is 7. The number of aliphatic hydroxyl groups excluding tert-OH is 1. The third kappa shape index (κ3) is 3.90. The minimum atomic E-state index is -0.824. The van der Waals surface area contributed by atoms with Gasteiger partial charge < -0.3 is 9.67 Å². The lowest BCUT2D eigenvalue weighted by Gasteiger charge is -2.27. The van der Waals surface area contributed by atoms with Crippen LogP contribution in [0.5, 0.6) is 0 Å². The molecule has 1 aliphatic heterocycles. The van der Waals surface area contributed by atoms with E-state index in [2.05, 4.69) is 15.0 Å². The molecule has 3 heterocycles. The normalized spacial score (nSPS) is 15.4. The zero-order chi connectivity index (χ0) is 19.5. The first-order valence-corrected chi connectivity index (χ1v) is 9.64. The summed E-state index contributed by atoms with van der Waals surface area (Å²) in [6.45, 7) is 3.34. The summed E-state index contributed by atoms with van der Waals surface area (Å²) in [6.07, 6.45) is 4.06. The van der Waals surface area contributed by atoms with Gasteiger partial charge in [-0.1, -0.05) is 30.3 Å². The van der Waals surface area contributed by atoms with Crippen LogP contribution in [0.1, 0.15) is 46.5 Å². The highest BCUT2D eigenvalue weighted by atomic mass is 16.3. The molecule has 7 heteroatoms. The second-order valence-corrected chi connectivity index (χ2v) is 7.25. The number of ketones is 1. The number of aromatic nitrogens is 4. The molecule has 0 saturated carbocycles. The van der Waals surface area contributed by atoms with Gasteiger partial charge in [0, 0.05) is 44.5 Å². The topological polar surface area (TPSA) is 76.2 Å². The first-order chi connectivity index (χ1) is 13.6. The monoisotopic (exact) mass is 379 g/mol. The van der Waals surface area contributed by atoms with E-state index >= 15 is 0 Å². The molecule has 0 amide bonds. The fourth-order valence-corrected chi connectivity index (χ4v) is 3.67. The van der Waals surface area contributed by atoms with Gasteiger partial charge >= 0.3 is 0 Å². The third-order valence-electron chi connectivity index (χ3n) is 5.25. The molecule has 1 atom stereocenters. The van der Waals surface area contributed by atoms with Crippen LogP contribution in [0.2, 0.25) is 0 Å². The molecule has 2 aromatic heterocycles. The van der Waals surface area contributed by atoms with E-state index in [1.165, 1.54) is 0 Å². The zero-order valence-corrected chi connectivity index (χ0v) is 16.0. The van der Waals surface area contributed by atoms with Crippen LogP contribution < -0.4 is 0 Å². The number of benzene rings is 1. The smallest absolute Gasteiger partial charge is 0.162 e. The van der Waals surface area contributed by atoms with Gasteiger partial charge in [-0.25, -0.2) is 4.98 Å². The first-order valence-electron chi connectivity index (χ1n) is 9.64. The van der Waals surface area contributed by atoms with E-state index in [1.807, 2.05) is 54.3 Å². The van der Waals surface area contributed by atoms with Crippen LogP contribution in [0.25, 0.3) is 0 Å². The van der Waals surface area contributed by atoms with Gasteiger partial charge in [-0.3, -0.25) is 14.4 Å². The maximum Gasteiger partial charge on any atom is 0.162 e. The van der Waals surface area contributed by atoms with Crippen molar-refractivity contribution in [3.8, 4) is 0 Å². The van der Waals surface area contributed by atoms with Gasteiger partial charge in [0.15, 0.2) is 11.9 Å². The average Bonchev–Trinajstić information content (AvgIpc) is 3.33. The van der Waals surface area contributed by atoms with Crippen molar-refractivity contribution in [3.63, 3.8) is 0 Å². The van der Waals surface area contributed by atoms with Crippen LogP contribution in [0.15, 0.2) is 48.8 Å². The molecule has 1 N–H and O–H groups in total. The maximum absolute atomic E-state index is 12.2. The minimum absolute atomic E-state index is 0.197. The number of carbonyl (C=O) groups excluding carboxylic acids is 1. The fourth-order valence-electron chi connectivity index (χ4n) is 3.67. The van der Waals surface area contributed by atoms with Crippen molar-refractivity contribution < 1.29 is 9.90 Å². The number of carbonyl (C=O) groups is 1. The third-order valence-corrected chi connectivity index (χ3v) is 5.25. The van der Waals surface area contributed by atoms with Gasteiger partial charge in [-0.2, -0.15) is 5.10 Å². The standard InChI is InChI=1S/C21H25N5O2/c1-24-11-9-22-21(24)20(28)18-14-17-15-25(12-13-26(17)23-18)10-5-8-19(27)16-6-3-2-4-7-16/h2-4,6-7,9,11,14,20,28H,5,8,10,12-13,15H2,1H3/t20-/m0/s1. The van der Waals surface area contributed by atoms with E-state index in [9.17, 15) is 9.90 Å². The summed E-state index contributed by atoms with van der Waals surface area (Å²) in [5.41, 5.74) is 2.50. The van der Waals surface area contributed by atoms with Gasteiger partial charge in [-0.05, 0) is 19.0 Å². The Hall–Kier alpha value is -2.77. The lowest BCUT2D eigenvalue weighted by atomic mass is 10.1. The molecule has 3 aromatic rings. The molecule has 0 saturated heterocycles. The summed E-state index contributed by atoms with van der Waals surface area (Å²) < 4.78 is 3.77. The van der Waals surface area contributed by atoms with Crippen LogP contribution in [0, 0.1) is 0 Å². The van der Waals surface area contributed by atoms with Gasteiger partial charge in [0.25, 0.3) is 0 Å². The minimum Gasteiger partial charge on any atom is -0.379 e. The van der Waals surface area contributed by atoms with Crippen molar-refractivity contribution in [3.05, 3.63) is 71.6 Å². The Morgan fingerprint density at radius 1 is 1.25 bits per heavy atom. The van der Waals surface area contributed by atoms with Crippen molar-refractivity contribution >= 4 is 5.78 Å². The average molecular weight is 379 g/mol. The van der Waals surface area contributed by atoms with E-state index in [-0.39, 0.29) is 5.78 Å². The predicted molar refractivity (Wildman–Crippen MR) is 105 cm³/mol. The van der Waals surface area contributed by atoms with Crippen LogP contribution in [-0.4, -0.2) is 48.2 Å². The van der Waals surface area contributed by atoms with E-state index in [4.69, 9.17) is 0 Å². The molecule has 0 unspecified atom stereocenters. The highest BCUT2D eigenvalue weighted by Crippen LogP contribution is 2.22. The lowest BCUT2D eigenvalue weighted by Crippen LogP contribution is -2.34. The highest BCUT2D eigenvalue weighted by molar-refractivity contribution is 5.95. The Labute approximate surface area is 164 Å². The van der Waals surface area contributed by atoms with E-state index in [0.717, 1.165) is 43.9 Å². The molecule has 1 aromatic carbocycles. The van der Waals surface area contributed by atoms with Crippen molar-refractivity contribution in [1.82, 2.24) is 24.2 Å². The van der Waals surface area contributed by atoms with Crippen molar-refractivity contribution in [2.24, 2.45) is 7.05 Å². The highest BCUT2D eigenvalue weighted by Gasteiger charge is 2.23. The predicted octanol–water partition coefficient (Wildman–Crippen LogP) is 2.18. The SMILES string of the molecule is Cn1ccnc1[C@@H](O)c1cc2n(n1)CCN(CCCC(=O)c1ccccc1)C2. The van der Waals surface area contributed by atoms with Crippen LogP contribution in [0.3, 0.4) is 0 Å². The number of nitrogens with zero attached hydrogens (tertiary/aromatic N) is 5. The number of imidazole rings is 1. The summed E-state index contributed by atoms with van der Waals surface area (Å²) in [5.74, 6) is 0.787. The molecule has 4 rings (SSSR count). The van der Waals surface area contributed by atoms with Crippen molar-refractivity contribution in [2.75, 3.05) is 13.1 Å². The molecule has 1 aliphatic rings. The maximum atomic E-state index is 12.2. The molecule has 0 aliphatic carbocycles. The van der Waals surface area contributed by atoms with E-state index in [1.54, 1.807) is 10.8 Å². The van der Waals surface area contributed by atoms with Crippen LogP contribution in [0.4, 0.5) is 0 Å². The number of aryl methyl sites for hydroxylation is 1. The van der Waals surface area contributed by atoms with Crippen molar-refractivity contribution in [2.45, 2.75) is 32.0 Å². The molecule has 146 valence electrons. The molecule has 0 spiro atoms. The molecule has 0 fully saturated rings. The largest absolute Gasteiger partial charge is 0.379 e. The Morgan fingerprint density at radius 2 is 2.07 bits per heavy atom. The number of aliphatic hydroxyl groups is 1. The van der Waals surface area contributed by atoms with Crippen molar-refractivity contribution in [1.29, 1.82) is 0 Å². The second kappa shape index (κ2) is 8.08. The molecule has 0 bridgehead atoms. The van der Waals surface area contributed by atoms with E-state index in [0.29, 0.717) is 17.9 Å². The quantitative estimate of drug-likeness (QED) is 0.637. The van der Waals surface area contributed by atoms with Gasteiger partial charge in [-0.15, -0.1) is 0 Å². The summed E-state index contributed by atoms with van der Waals surface area (Å²) in [5, 5.41) is 15.1. The summed E-state index contributed by atoms with van der Waals surface area (Å²) >= 11 is 0. The molecule has 28 heavy (non-hydrogen) atoms. The Morgan fingerprint density at radius 3 is 2.82 bits per heavy atom. The van der Waals surface area contributed by atoms with Gasteiger partial charge in [0.1, 0.15) is 5.82 Å². The fraction of sp³-hybridized carbons (Fsp3) is 0.381. The molecule has 7 nitrogen and oxygen atoms in total. The summed E-state index contributed by atoms with van der Waals surface area (Å²) in [7, 11) is 1.86. The first kappa shape index (κ1) is 18.6. The number of hydrogen-bond donors (Lipinski definition) is 1. The molecular weight excluding hydrogens is 354 g/mol. The number of Topliss-reactive ketones (excluding diaryl/α,β-unsaturated/α-hetero) is 1. The molecular formula is C21H25N5O2. The second-order valence-electron chi connectivity index (χ2n) is 7.25. The van der Waals surface area contributed by atoms with Crippen LogP contribution >= 0.6 is 0 Å². The van der Waals surface area contributed by atoms with E-state index < -0.39 is 6.10 Å². The Balaban J connectivity index is 1.33. The Kier molecular flexibility index (Phi) is 5.36. The summed E-state index contributed by atoms with van der Waals surface area (Å²) in [6, 6.07) is 11.4. The molecule has 0 radical (unpaired) electrons. The summed E-state index contributed by atoms with van der Waals surface area (Å²) in [4.78, 5) is 18.8. The van der Waals surface area contributed by atoms with Crippen LogP contribution in [-0.2, 0) is 20.1 Å². The number of fused-ring (bicyclic) bond motifs is 1. The number of hydrogen-bond acceptors (Lipinski definition) is 5. The van der Waals surface area contributed by atoms with Gasteiger partial charge in [0.2, 0.25) is 0 Å². The Bertz CT molecular complexity index is 947. The van der Waals surface area contributed by atoms with Gasteiger partial charge in [0.05, 0.1) is 17.9 Å². The zero-order valence-electron chi connectivity index (χ0n) is 16.0.